The van der Waals surface area contributed by atoms with Gasteiger partial charge in [0.05, 0.1) is 16.7 Å². The fourth-order valence-corrected chi connectivity index (χ4v) is 3.24. The summed E-state index contributed by atoms with van der Waals surface area (Å²) in [5, 5.41) is 6.70. The number of pyridine rings is 1. The molecule has 0 saturated carbocycles. The molecule has 0 aliphatic rings. The number of thiazole rings is 1. The molecular weight excluding hydrogens is 318 g/mol. The van der Waals surface area contributed by atoms with Gasteiger partial charge in [-0.3, -0.25) is 4.98 Å². The second kappa shape index (κ2) is 7.05. The van der Waals surface area contributed by atoms with Gasteiger partial charge in [0.2, 0.25) is 0 Å². The number of nitrogens with zero attached hydrogens (tertiary/aromatic N) is 4. The standard InChI is InChI=1S/C18H21N5S/c1-11(2)18-22-15(10-24-18)13(4)21-16-9-12(3)20-17(23-16)14-7-5-6-8-19-14/h5-11,13H,1-4H3,(H,20,21,23). The molecule has 3 aromatic rings. The van der Waals surface area contributed by atoms with Gasteiger partial charge in [-0.15, -0.1) is 11.3 Å². The Morgan fingerprint density at radius 1 is 1.08 bits per heavy atom. The van der Waals surface area contributed by atoms with Crippen LogP contribution in [0.15, 0.2) is 35.8 Å². The first kappa shape index (κ1) is 16.5. The van der Waals surface area contributed by atoms with E-state index in [1.165, 1.54) is 0 Å². The third-order valence-electron chi connectivity index (χ3n) is 3.59. The Bertz CT molecular complexity index is 813. The predicted octanol–water partition coefficient (Wildman–Crippen LogP) is 4.60. The quantitative estimate of drug-likeness (QED) is 0.736. The van der Waals surface area contributed by atoms with E-state index in [9.17, 15) is 0 Å². The van der Waals surface area contributed by atoms with Crippen molar-refractivity contribution in [1.29, 1.82) is 0 Å². The maximum Gasteiger partial charge on any atom is 0.180 e. The molecule has 24 heavy (non-hydrogen) atoms. The van der Waals surface area contributed by atoms with Gasteiger partial charge < -0.3 is 5.32 Å². The Labute approximate surface area is 146 Å². The molecule has 0 fully saturated rings. The zero-order valence-corrected chi connectivity index (χ0v) is 15.1. The fraction of sp³-hybridized carbons (Fsp3) is 0.333. The summed E-state index contributed by atoms with van der Waals surface area (Å²) >= 11 is 1.71. The highest BCUT2D eigenvalue weighted by Crippen LogP contribution is 2.25. The lowest BCUT2D eigenvalue weighted by Crippen LogP contribution is -2.10. The lowest BCUT2D eigenvalue weighted by Gasteiger charge is -2.13. The number of nitrogens with one attached hydrogen (secondary N) is 1. The topological polar surface area (TPSA) is 63.6 Å². The number of aryl methyl sites for hydroxylation is 1. The number of hydrogen-bond acceptors (Lipinski definition) is 6. The van der Waals surface area contributed by atoms with Crippen molar-refractivity contribution in [2.45, 2.75) is 39.7 Å². The van der Waals surface area contributed by atoms with Crippen LogP contribution >= 0.6 is 11.3 Å². The van der Waals surface area contributed by atoms with Gasteiger partial charge in [-0.05, 0) is 26.0 Å². The maximum atomic E-state index is 4.71. The first-order valence-corrected chi connectivity index (χ1v) is 8.90. The van der Waals surface area contributed by atoms with Gasteiger partial charge in [0.15, 0.2) is 5.82 Å². The Morgan fingerprint density at radius 3 is 2.58 bits per heavy atom. The van der Waals surface area contributed by atoms with Gasteiger partial charge in [-0.1, -0.05) is 19.9 Å². The summed E-state index contributed by atoms with van der Waals surface area (Å²) in [6.45, 7) is 8.38. The summed E-state index contributed by atoms with van der Waals surface area (Å²) in [4.78, 5) is 18.1. The first-order valence-electron chi connectivity index (χ1n) is 8.02. The van der Waals surface area contributed by atoms with Crippen LogP contribution in [0.1, 0.15) is 49.1 Å². The van der Waals surface area contributed by atoms with E-state index in [4.69, 9.17) is 4.98 Å². The van der Waals surface area contributed by atoms with Crippen molar-refractivity contribution in [3.63, 3.8) is 0 Å². The molecule has 0 bridgehead atoms. The monoisotopic (exact) mass is 339 g/mol. The van der Waals surface area contributed by atoms with Crippen LogP contribution in [0.5, 0.6) is 0 Å². The average Bonchev–Trinajstić information content (AvgIpc) is 3.05. The Balaban J connectivity index is 1.83. The van der Waals surface area contributed by atoms with Gasteiger partial charge in [-0.25, -0.2) is 15.0 Å². The highest BCUT2D eigenvalue weighted by atomic mass is 32.1. The van der Waals surface area contributed by atoms with Gasteiger partial charge in [0, 0.05) is 29.3 Å². The third-order valence-corrected chi connectivity index (χ3v) is 4.75. The molecule has 0 aliphatic heterocycles. The molecule has 6 heteroatoms. The van der Waals surface area contributed by atoms with Crippen molar-refractivity contribution < 1.29 is 0 Å². The normalized spacial score (nSPS) is 12.4. The van der Waals surface area contributed by atoms with E-state index in [1.807, 2.05) is 31.2 Å². The minimum atomic E-state index is 0.0830. The molecule has 0 radical (unpaired) electrons. The van der Waals surface area contributed by atoms with Crippen LogP contribution in [0.2, 0.25) is 0 Å². The second-order valence-electron chi connectivity index (χ2n) is 6.06. The smallest absolute Gasteiger partial charge is 0.180 e. The number of aromatic nitrogens is 4. The molecule has 0 spiro atoms. The predicted molar refractivity (Wildman–Crippen MR) is 98.2 cm³/mol. The molecule has 5 nitrogen and oxygen atoms in total. The van der Waals surface area contributed by atoms with Crippen LogP contribution < -0.4 is 5.32 Å². The molecule has 0 saturated heterocycles. The molecule has 124 valence electrons. The average molecular weight is 339 g/mol. The third kappa shape index (κ3) is 3.76. The van der Waals surface area contributed by atoms with E-state index in [1.54, 1.807) is 17.5 Å². The summed E-state index contributed by atoms with van der Waals surface area (Å²) in [6, 6.07) is 7.76. The highest BCUT2D eigenvalue weighted by Gasteiger charge is 2.13. The Morgan fingerprint density at radius 2 is 1.92 bits per heavy atom. The van der Waals surface area contributed by atoms with E-state index in [0.29, 0.717) is 11.7 Å². The molecule has 1 unspecified atom stereocenters. The van der Waals surface area contributed by atoms with Crippen molar-refractivity contribution in [3.05, 3.63) is 52.2 Å². The van der Waals surface area contributed by atoms with Crippen molar-refractivity contribution in [3.8, 4) is 11.5 Å². The van der Waals surface area contributed by atoms with Crippen molar-refractivity contribution >= 4 is 17.2 Å². The molecule has 3 rings (SSSR count). The van der Waals surface area contributed by atoms with Gasteiger partial charge in [0.25, 0.3) is 0 Å². The first-order chi connectivity index (χ1) is 11.5. The number of rotatable bonds is 5. The minimum Gasteiger partial charge on any atom is -0.362 e. The van der Waals surface area contributed by atoms with Crippen LogP contribution in [0.25, 0.3) is 11.5 Å². The minimum absolute atomic E-state index is 0.0830. The molecular formula is C18H21N5S. The highest BCUT2D eigenvalue weighted by molar-refractivity contribution is 7.09. The summed E-state index contributed by atoms with van der Waals surface area (Å²) in [6.07, 6.45) is 1.75. The number of anilines is 1. The Hall–Kier alpha value is -2.34. The van der Waals surface area contributed by atoms with E-state index >= 15 is 0 Å². The molecule has 0 amide bonds. The van der Waals surface area contributed by atoms with Gasteiger partial charge in [0.1, 0.15) is 11.5 Å². The lowest BCUT2D eigenvalue weighted by atomic mass is 10.2. The second-order valence-corrected chi connectivity index (χ2v) is 6.95. The van der Waals surface area contributed by atoms with Gasteiger partial charge in [-0.2, -0.15) is 0 Å². The van der Waals surface area contributed by atoms with E-state index in [0.717, 1.165) is 27.9 Å². The summed E-state index contributed by atoms with van der Waals surface area (Å²) < 4.78 is 0. The van der Waals surface area contributed by atoms with Crippen molar-refractivity contribution in [2.75, 3.05) is 5.32 Å². The Kier molecular flexibility index (Phi) is 4.85. The lowest BCUT2D eigenvalue weighted by molar-refractivity contribution is 0.797. The van der Waals surface area contributed by atoms with Crippen molar-refractivity contribution in [1.82, 2.24) is 19.9 Å². The zero-order chi connectivity index (χ0) is 17.1. The van der Waals surface area contributed by atoms with Crippen molar-refractivity contribution in [2.24, 2.45) is 0 Å². The summed E-state index contributed by atoms with van der Waals surface area (Å²) in [5.74, 6) is 1.87. The molecule has 0 aliphatic carbocycles. The van der Waals surface area contributed by atoms with Gasteiger partial charge >= 0.3 is 0 Å². The molecule has 3 heterocycles. The van der Waals surface area contributed by atoms with E-state index < -0.39 is 0 Å². The fourth-order valence-electron chi connectivity index (χ4n) is 2.31. The van der Waals surface area contributed by atoms with E-state index in [2.05, 4.69) is 46.4 Å². The van der Waals surface area contributed by atoms with Crippen LogP contribution in [0, 0.1) is 6.92 Å². The zero-order valence-electron chi connectivity index (χ0n) is 14.3. The van der Waals surface area contributed by atoms with Crippen LogP contribution in [-0.2, 0) is 0 Å². The molecule has 0 aromatic carbocycles. The molecule has 1 atom stereocenters. The maximum absolute atomic E-state index is 4.71. The molecule has 3 aromatic heterocycles. The SMILES string of the molecule is Cc1cc(NC(C)c2csc(C(C)C)n2)nc(-c2ccccn2)n1. The van der Waals surface area contributed by atoms with Crippen LogP contribution in [0.4, 0.5) is 5.82 Å². The summed E-state index contributed by atoms with van der Waals surface area (Å²) in [7, 11) is 0. The summed E-state index contributed by atoms with van der Waals surface area (Å²) in [5.41, 5.74) is 2.72. The van der Waals surface area contributed by atoms with E-state index in [-0.39, 0.29) is 6.04 Å². The number of hydrogen-bond donors (Lipinski definition) is 1. The van der Waals surface area contributed by atoms with Crippen LogP contribution in [-0.4, -0.2) is 19.9 Å². The van der Waals surface area contributed by atoms with Crippen LogP contribution in [0.3, 0.4) is 0 Å². The molecule has 1 N–H and O–H groups in total. The largest absolute Gasteiger partial charge is 0.362 e.